The molecule has 0 bridgehead atoms. The molecule has 2 nitrogen and oxygen atoms in total. The summed E-state index contributed by atoms with van der Waals surface area (Å²) in [6.07, 6.45) is 1.70. The molecular formula is C14H10FNO. The first-order valence-corrected chi connectivity index (χ1v) is 5.37. The van der Waals surface area contributed by atoms with Gasteiger partial charge in [0.05, 0.1) is 6.21 Å². The van der Waals surface area contributed by atoms with Crippen molar-refractivity contribution in [3.8, 4) is 11.1 Å². The fourth-order valence-corrected chi connectivity index (χ4v) is 1.88. The van der Waals surface area contributed by atoms with Crippen LogP contribution in [-0.4, -0.2) is 6.21 Å². The van der Waals surface area contributed by atoms with Crippen molar-refractivity contribution < 1.29 is 9.23 Å². The van der Waals surface area contributed by atoms with Gasteiger partial charge in [0.1, 0.15) is 12.4 Å². The predicted octanol–water partition coefficient (Wildman–Crippen LogP) is 3.36. The molecule has 1 aliphatic rings. The number of oxime groups is 1. The molecule has 0 aromatic heterocycles. The molecule has 1 aliphatic heterocycles. The summed E-state index contributed by atoms with van der Waals surface area (Å²) < 4.78 is 12.8. The van der Waals surface area contributed by atoms with E-state index in [0.717, 1.165) is 22.3 Å². The van der Waals surface area contributed by atoms with Crippen molar-refractivity contribution in [2.24, 2.45) is 5.16 Å². The molecule has 3 heteroatoms. The highest BCUT2D eigenvalue weighted by Crippen LogP contribution is 2.24. The lowest BCUT2D eigenvalue weighted by atomic mass is 9.99. The van der Waals surface area contributed by atoms with Gasteiger partial charge in [0.25, 0.3) is 0 Å². The monoisotopic (exact) mass is 227 g/mol. The quantitative estimate of drug-likeness (QED) is 0.732. The number of benzene rings is 2. The largest absolute Gasteiger partial charge is 0.391 e. The molecule has 0 unspecified atom stereocenters. The zero-order valence-electron chi connectivity index (χ0n) is 9.06. The standard InChI is InChI=1S/C14H10FNO/c15-14-5-3-10(4-6-14)11-1-2-12-8-16-17-9-13(12)7-11/h1-8H,9H2. The maximum atomic E-state index is 12.8. The Morgan fingerprint density at radius 1 is 1.00 bits per heavy atom. The minimum Gasteiger partial charge on any atom is -0.391 e. The van der Waals surface area contributed by atoms with Gasteiger partial charge in [-0.05, 0) is 29.3 Å². The lowest BCUT2D eigenvalue weighted by Crippen LogP contribution is -2.00. The van der Waals surface area contributed by atoms with Crippen molar-refractivity contribution in [2.75, 3.05) is 0 Å². The molecule has 84 valence electrons. The van der Waals surface area contributed by atoms with Crippen molar-refractivity contribution in [3.05, 3.63) is 59.4 Å². The smallest absolute Gasteiger partial charge is 0.142 e. The predicted molar refractivity (Wildman–Crippen MR) is 64.2 cm³/mol. The van der Waals surface area contributed by atoms with E-state index in [-0.39, 0.29) is 5.82 Å². The summed E-state index contributed by atoms with van der Waals surface area (Å²) in [7, 11) is 0. The number of nitrogens with zero attached hydrogens (tertiary/aromatic N) is 1. The van der Waals surface area contributed by atoms with E-state index in [1.54, 1.807) is 18.3 Å². The van der Waals surface area contributed by atoms with E-state index >= 15 is 0 Å². The third kappa shape index (κ3) is 1.91. The summed E-state index contributed by atoms with van der Waals surface area (Å²) in [5.41, 5.74) is 4.23. The van der Waals surface area contributed by atoms with Crippen LogP contribution in [0.4, 0.5) is 4.39 Å². The van der Waals surface area contributed by atoms with Gasteiger partial charge in [0, 0.05) is 11.1 Å². The molecule has 17 heavy (non-hydrogen) atoms. The molecule has 0 saturated carbocycles. The maximum absolute atomic E-state index is 12.8. The van der Waals surface area contributed by atoms with Crippen LogP contribution in [0.25, 0.3) is 11.1 Å². The van der Waals surface area contributed by atoms with Crippen LogP contribution in [0.2, 0.25) is 0 Å². The molecule has 0 saturated heterocycles. The number of hydrogen-bond acceptors (Lipinski definition) is 2. The Bertz CT molecular complexity index is 575. The van der Waals surface area contributed by atoms with Crippen molar-refractivity contribution in [3.63, 3.8) is 0 Å². The number of halogens is 1. The number of fused-ring (bicyclic) bond motifs is 1. The van der Waals surface area contributed by atoms with E-state index < -0.39 is 0 Å². The van der Waals surface area contributed by atoms with Crippen LogP contribution in [0, 0.1) is 5.82 Å². The van der Waals surface area contributed by atoms with Crippen LogP contribution in [0.5, 0.6) is 0 Å². The normalized spacial score (nSPS) is 13.0. The zero-order chi connectivity index (χ0) is 11.7. The van der Waals surface area contributed by atoms with Crippen molar-refractivity contribution in [2.45, 2.75) is 6.61 Å². The highest BCUT2D eigenvalue weighted by molar-refractivity contribution is 5.83. The van der Waals surface area contributed by atoms with Crippen LogP contribution in [0.1, 0.15) is 11.1 Å². The second kappa shape index (κ2) is 4.01. The van der Waals surface area contributed by atoms with Crippen LogP contribution in [0.3, 0.4) is 0 Å². The summed E-state index contributed by atoms with van der Waals surface area (Å²) >= 11 is 0. The fourth-order valence-electron chi connectivity index (χ4n) is 1.88. The minimum atomic E-state index is -0.220. The Kier molecular flexibility index (Phi) is 2.37. The Morgan fingerprint density at radius 2 is 1.76 bits per heavy atom. The number of rotatable bonds is 1. The van der Waals surface area contributed by atoms with Crippen molar-refractivity contribution >= 4 is 6.21 Å². The molecule has 0 spiro atoms. The summed E-state index contributed by atoms with van der Waals surface area (Å²) in [4.78, 5) is 5.02. The highest BCUT2D eigenvalue weighted by Gasteiger charge is 2.08. The SMILES string of the molecule is Fc1ccc(-c2ccc3c(c2)CON=C3)cc1. The molecule has 2 aromatic rings. The first-order chi connectivity index (χ1) is 8.33. The Labute approximate surface area is 98.3 Å². The van der Waals surface area contributed by atoms with Crippen molar-refractivity contribution in [1.82, 2.24) is 0 Å². The van der Waals surface area contributed by atoms with Gasteiger partial charge in [-0.1, -0.05) is 29.4 Å². The third-order valence-corrected chi connectivity index (χ3v) is 2.81. The first-order valence-electron chi connectivity index (χ1n) is 5.37. The highest BCUT2D eigenvalue weighted by atomic mass is 19.1. The van der Waals surface area contributed by atoms with Gasteiger partial charge in [-0.25, -0.2) is 4.39 Å². The Morgan fingerprint density at radius 3 is 2.59 bits per heavy atom. The van der Waals surface area contributed by atoms with Gasteiger partial charge in [-0.3, -0.25) is 0 Å². The van der Waals surface area contributed by atoms with E-state index in [1.807, 2.05) is 18.2 Å². The van der Waals surface area contributed by atoms with E-state index in [0.29, 0.717) is 6.61 Å². The molecule has 1 heterocycles. The van der Waals surface area contributed by atoms with Gasteiger partial charge < -0.3 is 4.84 Å². The second-order valence-electron chi connectivity index (χ2n) is 3.93. The molecule has 0 fully saturated rings. The summed E-state index contributed by atoms with van der Waals surface area (Å²) in [5.74, 6) is -0.220. The van der Waals surface area contributed by atoms with Crippen LogP contribution in [0.15, 0.2) is 47.6 Å². The average molecular weight is 227 g/mol. The lowest BCUT2D eigenvalue weighted by Gasteiger charge is -2.11. The minimum absolute atomic E-state index is 0.220. The molecule has 0 aliphatic carbocycles. The Balaban J connectivity index is 2.04. The molecule has 3 rings (SSSR count). The molecule has 0 amide bonds. The van der Waals surface area contributed by atoms with Gasteiger partial charge in [-0.2, -0.15) is 0 Å². The topological polar surface area (TPSA) is 21.6 Å². The fraction of sp³-hybridized carbons (Fsp3) is 0.0714. The second-order valence-corrected chi connectivity index (χ2v) is 3.93. The van der Waals surface area contributed by atoms with E-state index in [9.17, 15) is 4.39 Å². The summed E-state index contributed by atoms with van der Waals surface area (Å²) in [5, 5.41) is 3.76. The maximum Gasteiger partial charge on any atom is 0.142 e. The van der Waals surface area contributed by atoms with Crippen molar-refractivity contribution in [1.29, 1.82) is 0 Å². The number of hydrogen-bond donors (Lipinski definition) is 0. The van der Waals surface area contributed by atoms with Crippen LogP contribution >= 0.6 is 0 Å². The summed E-state index contributed by atoms with van der Waals surface area (Å²) in [6.45, 7) is 0.487. The van der Waals surface area contributed by atoms with Gasteiger partial charge in [0.15, 0.2) is 0 Å². The third-order valence-electron chi connectivity index (χ3n) is 2.81. The van der Waals surface area contributed by atoms with Gasteiger partial charge in [0.2, 0.25) is 0 Å². The molecular weight excluding hydrogens is 217 g/mol. The van der Waals surface area contributed by atoms with Gasteiger partial charge in [-0.15, -0.1) is 0 Å². The molecule has 2 aromatic carbocycles. The van der Waals surface area contributed by atoms with E-state index in [2.05, 4.69) is 5.16 Å². The van der Waals surface area contributed by atoms with Crippen LogP contribution in [-0.2, 0) is 11.4 Å². The Hall–Kier alpha value is -2.16. The van der Waals surface area contributed by atoms with Gasteiger partial charge >= 0.3 is 0 Å². The zero-order valence-corrected chi connectivity index (χ0v) is 9.06. The molecule has 0 N–H and O–H groups in total. The van der Waals surface area contributed by atoms with E-state index in [1.165, 1.54) is 12.1 Å². The first kappa shape index (κ1) is 10.0. The summed E-state index contributed by atoms with van der Waals surface area (Å²) in [6, 6.07) is 12.5. The van der Waals surface area contributed by atoms with Crippen LogP contribution < -0.4 is 0 Å². The average Bonchev–Trinajstić information content (AvgIpc) is 2.39. The van der Waals surface area contributed by atoms with E-state index in [4.69, 9.17) is 4.84 Å². The molecule has 0 radical (unpaired) electrons. The molecule has 0 atom stereocenters. The lowest BCUT2D eigenvalue weighted by molar-refractivity contribution is 0.128.